The standard InChI is InChI=1S/C16H25NO5S/c1-2-21-16(19)13-5-6-17(15-4-3-11-23-15)14(12-13)22-10-9-20-8-7-18/h3-4,11,13-14,18H,2,5-10,12H2,1H3. The highest BCUT2D eigenvalue weighted by Gasteiger charge is 2.34. The first-order chi connectivity index (χ1) is 11.3. The SMILES string of the molecule is CCOC(=O)C1CCN(c2cccs2)C(OCCOCCO)C1. The van der Waals surface area contributed by atoms with E-state index in [2.05, 4.69) is 11.0 Å². The third kappa shape index (κ3) is 5.46. The highest BCUT2D eigenvalue weighted by molar-refractivity contribution is 7.14. The molecule has 2 rings (SSSR count). The fraction of sp³-hybridized carbons (Fsp3) is 0.688. The Morgan fingerprint density at radius 3 is 3.00 bits per heavy atom. The monoisotopic (exact) mass is 343 g/mol. The molecule has 0 radical (unpaired) electrons. The second-order valence-corrected chi connectivity index (χ2v) is 6.21. The summed E-state index contributed by atoms with van der Waals surface area (Å²) in [4.78, 5) is 14.2. The highest BCUT2D eigenvalue weighted by Crippen LogP contribution is 2.32. The highest BCUT2D eigenvalue weighted by atomic mass is 32.1. The van der Waals surface area contributed by atoms with Crippen molar-refractivity contribution in [3.8, 4) is 0 Å². The fourth-order valence-corrected chi connectivity index (χ4v) is 3.45. The molecule has 1 aliphatic rings. The van der Waals surface area contributed by atoms with Crippen LogP contribution >= 0.6 is 11.3 Å². The Balaban J connectivity index is 1.92. The lowest BCUT2D eigenvalue weighted by molar-refractivity contribution is -0.150. The number of nitrogens with zero attached hydrogens (tertiary/aromatic N) is 1. The number of ether oxygens (including phenoxy) is 3. The number of rotatable bonds is 9. The van der Waals surface area contributed by atoms with Crippen LogP contribution in [0.5, 0.6) is 0 Å². The topological polar surface area (TPSA) is 68.2 Å². The van der Waals surface area contributed by atoms with Gasteiger partial charge in [-0.1, -0.05) is 0 Å². The Morgan fingerprint density at radius 2 is 2.30 bits per heavy atom. The van der Waals surface area contributed by atoms with Crippen LogP contribution in [0.25, 0.3) is 0 Å². The van der Waals surface area contributed by atoms with E-state index in [-0.39, 0.29) is 24.7 Å². The van der Waals surface area contributed by atoms with E-state index in [1.807, 2.05) is 18.4 Å². The van der Waals surface area contributed by atoms with Crippen molar-refractivity contribution in [1.29, 1.82) is 0 Å². The molecule has 1 N–H and O–H groups in total. The van der Waals surface area contributed by atoms with Crippen molar-refractivity contribution in [3.05, 3.63) is 17.5 Å². The molecule has 0 aromatic carbocycles. The molecule has 6 nitrogen and oxygen atoms in total. The van der Waals surface area contributed by atoms with E-state index in [1.165, 1.54) is 0 Å². The van der Waals surface area contributed by atoms with Gasteiger partial charge in [-0.15, -0.1) is 11.3 Å². The Labute approximate surface area is 141 Å². The van der Waals surface area contributed by atoms with E-state index in [1.54, 1.807) is 11.3 Å². The van der Waals surface area contributed by atoms with Gasteiger partial charge in [0, 0.05) is 13.0 Å². The van der Waals surface area contributed by atoms with E-state index in [0.717, 1.165) is 18.0 Å². The summed E-state index contributed by atoms with van der Waals surface area (Å²) in [6.07, 6.45) is 1.24. The van der Waals surface area contributed by atoms with Crippen LogP contribution in [0.4, 0.5) is 5.00 Å². The molecular formula is C16H25NO5S. The van der Waals surface area contributed by atoms with Crippen molar-refractivity contribution >= 4 is 22.3 Å². The third-order valence-corrected chi connectivity index (χ3v) is 4.64. The van der Waals surface area contributed by atoms with Gasteiger partial charge >= 0.3 is 5.97 Å². The molecule has 7 heteroatoms. The minimum atomic E-state index is -0.158. The average Bonchev–Trinajstić information content (AvgIpc) is 3.09. The molecule has 1 fully saturated rings. The normalized spacial score (nSPS) is 21.4. The van der Waals surface area contributed by atoms with Crippen molar-refractivity contribution in [2.45, 2.75) is 26.0 Å². The Kier molecular flexibility index (Phi) is 7.81. The van der Waals surface area contributed by atoms with E-state index < -0.39 is 0 Å². The zero-order valence-corrected chi connectivity index (χ0v) is 14.3. The van der Waals surface area contributed by atoms with Gasteiger partial charge in [0.25, 0.3) is 0 Å². The molecule has 0 aliphatic carbocycles. The van der Waals surface area contributed by atoms with E-state index in [9.17, 15) is 4.79 Å². The van der Waals surface area contributed by atoms with E-state index >= 15 is 0 Å². The van der Waals surface area contributed by atoms with Gasteiger partial charge in [-0.05, 0) is 30.9 Å². The number of hydrogen-bond acceptors (Lipinski definition) is 7. The molecule has 0 amide bonds. The summed E-state index contributed by atoms with van der Waals surface area (Å²) < 4.78 is 16.3. The molecule has 1 aromatic rings. The van der Waals surface area contributed by atoms with Crippen LogP contribution in [0.3, 0.4) is 0 Å². The van der Waals surface area contributed by atoms with Gasteiger partial charge in [-0.3, -0.25) is 4.79 Å². The summed E-state index contributed by atoms with van der Waals surface area (Å²) in [6.45, 7) is 4.19. The van der Waals surface area contributed by atoms with Crippen molar-refractivity contribution < 1.29 is 24.1 Å². The summed E-state index contributed by atoms with van der Waals surface area (Å²) in [5.41, 5.74) is 0. The van der Waals surface area contributed by atoms with Gasteiger partial charge in [0.15, 0.2) is 0 Å². The molecular weight excluding hydrogens is 318 g/mol. The van der Waals surface area contributed by atoms with Gasteiger partial charge in [0.2, 0.25) is 0 Å². The molecule has 1 aliphatic heterocycles. The number of thiophene rings is 1. The summed E-state index contributed by atoms with van der Waals surface area (Å²) in [5.74, 6) is -0.252. The number of carbonyl (C=O) groups excluding carboxylic acids is 1. The van der Waals surface area contributed by atoms with Crippen LogP contribution in [-0.2, 0) is 19.0 Å². The molecule has 2 heterocycles. The molecule has 2 atom stereocenters. The number of carbonyl (C=O) groups is 1. The van der Waals surface area contributed by atoms with Gasteiger partial charge in [0.1, 0.15) is 6.23 Å². The predicted octanol–water partition coefficient (Wildman–Crippen LogP) is 1.88. The molecule has 1 saturated heterocycles. The van der Waals surface area contributed by atoms with Crippen LogP contribution in [0.15, 0.2) is 17.5 Å². The van der Waals surface area contributed by atoms with Crippen molar-refractivity contribution in [3.63, 3.8) is 0 Å². The summed E-state index contributed by atoms with van der Waals surface area (Å²) in [7, 11) is 0. The number of esters is 1. The third-order valence-electron chi connectivity index (χ3n) is 3.73. The van der Waals surface area contributed by atoms with Crippen molar-refractivity contribution in [2.24, 2.45) is 5.92 Å². The average molecular weight is 343 g/mol. The van der Waals surface area contributed by atoms with Gasteiger partial charge in [-0.25, -0.2) is 0 Å². The molecule has 0 bridgehead atoms. The molecule has 2 unspecified atom stereocenters. The van der Waals surface area contributed by atoms with Gasteiger partial charge in [0.05, 0.1) is 44.0 Å². The first kappa shape index (κ1) is 18.2. The van der Waals surface area contributed by atoms with E-state index in [4.69, 9.17) is 19.3 Å². The summed E-state index contributed by atoms with van der Waals surface area (Å²) in [5, 5.41) is 11.9. The fourth-order valence-electron chi connectivity index (χ4n) is 2.65. The molecule has 0 saturated carbocycles. The second kappa shape index (κ2) is 9.87. The molecule has 23 heavy (non-hydrogen) atoms. The number of aliphatic hydroxyl groups is 1. The van der Waals surface area contributed by atoms with Gasteiger partial charge in [-0.2, -0.15) is 0 Å². The lowest BCUT2D eigenvalue weighted by Crippen LogP contribution is -2.46. The number of aliphatic hydroxyl groups excluding tert-OH is 1. The Bertz CT molecular complexity index is 453. The lowest BCUT2D eigenvalue weighted by Gasteiger charge is -2.39. The minimum Gasteiger partial charge on any atom is -0.466 e. The maximum Gasteiger partial charge on any atom is 0.309 e. The van der Waals surface area contributed by atoms with Crippen molar-refractivity contribution in [1.82, 2.24) is 0 Å². The first-order valence-electron chi connectivity index (χ1n) is 8.03. The molecule has 0 spiro atoms. The number of anilines is 1. The van der Waals surface area contributed by atoms with Crippen LogP contribution in [0.1, 0.15) is 19.8 Å². The number of piperidine rings is 1. The quantitative estimate of drug-likeness (QED) is 0.545. The minimum absolute atomic E-state index is 0.00960. The van der Waals surface area contributed by atoms with E-state index in [0.29, 0.717) is 32.8 Å². The first-order valence-corrected chi connectivity index (χ1v) is 8.91. The molecule has 130 valence electrons. The maximum atomic E-state index is 12.0. The predicted molar refractivity (Wildman–Crippen MR) is 88.7 cm³/mol. The molecule has 1 aromatic heterocycles. The largest absolute Gasteiger partial charge is 0.466 e. The number of hydrogen-bond donors (Lipinski definition) is 1. The van der Waals surface area contributed by atoms with Crippen LogP contribution in [-0.4, -0.2) is 56.9 Å². The second-order valence-electron chi connectivity index (χ2n) is 5.28. The lowest BCUT2D eigenvalue weighted by atomic mass is 9.95. The van der Waals surface area contributed by atoms with Gasteiger partial charge < -0.3 is 24.2 Å². The van der Waals surface area contributed by atoms with Crippen molar-refractivity contribution in [2.75, 3.05) is 44.5 Å². The summed E-state index contributed by atoms with van der Waals surface area (Å²) >= 11 is 1.67. The Hall–Kier alpha value is -1.15. The van der Waals surface area contributed by atoms with Crippen LogP contribution in [0.2, 0.25) is 0 Å². The van der Waals surface area contributed by atoms with Crippen LogP contribution in [0, 0.1) is 5.92 Å². The maximum absolute atomic E-state index is 12.0. The summed E-state index contributed by atoms with van der Waals surface area (Å²) in [6, 6.07) is 4.08. The zero-order chi connectivity index (χ0) is 16.5. The smallest absolute Gasteiger partial charge is 0.309 e. The van der Waals surface area contributed by atoms with Crippen LogP contribution < -0.4 is 4.90 Å². The Morgan fingerprint density at radius 1 is 1.43 bits per heavy atom. The zero-order valence-electron chi connectivity index (χ0n) is 13.5.